The predicted molar refractivity (Wildman–Crippen MR) is 79.3 cm³/mol. The van der Waals surface area contributed by atoms with E-state index >= 15 is 0 Å². The first-order valence-electron chi connectivity index (χ1n) is 6.07. The predicted octanol–water partition coefficient (Wildman–Crippen LogP) is 2.71. The van der Waals surface area contributed by atoms with E-state index in [4.69, 9.17) is 5.73 Å². The molecule has 0 spiro atoms. The first-order chi connectivity index (χ1) is 8.97. The molecule has 100 valence electrons. The molecule has 3 N–H and O–H groups in total. The molecule has 0 aliphatic rings. The minimum absolute atomic E-state index is 0.221. The highest BCUT2D eigenvalue weighted by molar-refractivity contribution is 7.14. The zero-order valence-electron chi connectivity index (χ0n) is 11.2. The molecule has 0 aliphatic heterocycles. The van der Waals surface area contributed by atoms with Crippen LogP contribution in [0, 0.1) is 13.8 Å². The van der Waals surface area contributed by atoms with E-state index in [0.29, 0.717) is 5.13 Å². The van der Waals surface area contributed by atoms with Gasteiger partial charge in [0.2, 0.25) is 5.91 Å². The summed E-state index contributed by atoms with van der Waals surface area (Å²) in [6, 6.07) is 5.70. The van der Waals surface area contributed by atoms with Crippen LogP contribution < -0.4 is 11.1 Å². The maximum Gasteiger partial charge on any atom is 0.242 e. The number of nitrogens with two attached hydrogens (primary N) is 1. The molecule has 1 heterocycles. The average molecular weight is 275 g/mol. The Bertz CT molecular complexity index is 604. The van der Waals surface area contributed by atoms with Crippen LogP contribution in [0.3, 0.4) is 0 Å². The van der Waals surface area contributed by atoms with Gasteiger partial charge in [-0.05, 0) is 26.3 Å². The van der Waals surface area contributed by atoms with Crippen LogP contribution in [0.5, 0.6) is 0 Å². The number of nitrogens with zero attached hydrogens (tertiary/aromatic N) is 1. The third-order valence-electron chi connectivity index (χ3n) is 2.81. The van der Waals surface area contributed by atoms with Crippen LogP contribution in [0.4, 0.5) is 5.13 Å². The molecule has 1 atom stereocenters. The first kappa shape index (κ1) is 13.7. The van der Waals surface area contributed by atoms with Crippen molar-refractivity contribution in [2.75, 3.05) is 5.32 Å². The number of thiazole rings is 1. The van der Waals surface area contributed by atoms with Crippen molar-refractivity contribution in [3.05, 3.63) is 34.7 Å². The molecule has 19 heavy (non-hydrogen) atoms. The fraction of sp³-hybridized carbons (Fsp3) is 0.286. The smallest absolute Gasteiger partial charge is 0.242 e. The van der Waals surface area contributed by atoms with Crippen LogP contribution in [-0.2, 0) is 4.79 Å². The number of benzene rings is 1. The van der Waals surface area contributed by atoms with E-state index in [1.165, 1.54) is 22.5 Å². The van der Waals surface area contributed by atoms with Crippen molar-refractivity contribution in [3.8, 4) is 11.3 Å². The molecule has 4 nitrogen and oxygen atoms in total. The Kier molecular flexibility index (Phi) is 3.97. The molecule has 5 heteroatoms. The summed E-state index contributed by atoms with van der Waals surface area (Å²) in [6.07, 6.45) is 0. The molecule has 0 unspecified atom stereocenters. The number of aryl methyl sites for hydroxylation is 2. The Labute approximate surface area is 116 Å². The van der Waals surface area contributed by atoms with E-state index in [1.807, 2.05) is 5.38 Å². The lowest BCUT2D eigenvalue weighted by Crippen LogP contribution is -2.32. The largest absolute Gasteiger partial charge is 0.320 e. The second-order valence-electron chi connectivity index (χ2n) is 4.63. The van der Waals surface area contributed by atoms with Gasteiger partial charge in [0.15, 0.2) is 5.13 Å². The summed E-state index contributed by atoms with van der Waals surface area (Å²) >= 11 is 1.40. The molecule has 0 aliphatic carbocycles. The van der Waals surface area contributed by atoms with E-state index in [9.17, 15) is 4.79 Å². The average Bonchev–Trinajstić information content (AvgIpc) is 2.77. The lowest BCUT2D eigenvalue weighted by molar-refractivity contribution is -0.117. The number of aromatic nitrogens is 1. The van der Waals surface area contributed by atoms with Crippen LogP contribution in [0.25, 0.3) is 11.3 Å². The van der Waals surface area contributed by atoms with Crippen LogP contribution >= 0.6 is 11.3 Å². The summed E-state index contributed by atoms with van der Waals surface area (Å²) in [6.45, 7) is 5.77. The van der Waals surface area contributed by atoms with Crippen molar-refractivity contribution >= 4 is 22.4 Å². The SMILES string of the molecule is Cc1ccc(-c2csc(NC(=O)[C@H](C)N)n2)c(C)c1. The van der Waals surface area contributed by atoms with E-state index < -0.39 is 6.04 Å². The zero-order chi connectivity index (χ0) is 14.0. The van der Waals surface area contributed by atoms with Crippen LogP contribution in [0.2, 0.25) is 0 Å². The molecule has 0 fully saturated rings. The molecule has 0 radical (unpaired) electrons. The number of anilines is 1. The van der Waals surface area contributed by atoms with E-state index in [1.54, 1.807) is 6.92 Å². The maximum atomic E-state index is 11.5. The highest BCUT2D eigenvalue weighted by Gasteiger charge is 2.11. The summed E-state index contributed by atoms with van der Waals surface area (Å²) in [5.74, 6) is -0.221. The van der Waals surface area contributed by atoms with Gasteiger partial charge in [0.1, 0.15) is 0 Å². The fourth-order valence-corrected chi connectivity index (χ4v) is 2.49. The Balaban J connectivity index is 2.23. The Hall–Kier alpha value is -1.72. The third-order valence-corrected chi connectivity index (χ3v) is 3.56. The first-order valence-corrected chi connectivity index (χ1v) is 6.95. The molecule has 0 saturated carbocycles. The molecule has 1 amide bonds. The van der Waals surface area contributed by atoms with Gasteiger partial charge in [0.25, 0.3) is 0 Å². The van der Waals surface area contributed by atoms with Gasteiger partial charge in [-0.3, -0.25) is 4.79 Å². The van der Waals surface area contributed by atoms with Gasteiger partial charge >= 0.3 is 0 Å². The third kappa shape index (κ3) is 3.19. The highest BCUT2D eigenvalue weighted by atomic mass is 32.1. The van der Waals surface area contributed by atoms with Crippen LogP contribution in [0.1, 0.15) is 18.1 Å². The van der Waals surface area contributed by atoms with Gasteiger partial charge in [-0.2, -0.15) is 0 Å². The Morgan fingerprint density at radius 1 is 1.42 bits per heavy atom. The van der Waals surface area contributed by atoms with Crippen LogP contribution in [-0.4, -0.2) is 16.9 Å². The van der Waals surface area contributed by atoms with Crippen LogP contribution in [0.15, 0.2) is 23.6 Å². The van der Waals surface area contributed by atoms with Crippen molar-refractivity contribution in [3.63, 3.8) is 0 Å². The van der Waals surface area contributed by atoms with Crippen molar-refractivity contribution in [2.45, 2.75) is 26.8 Å². The van der Waals surface area contributed by atoms with Crippen molar-refractivity contribution < 1.29 is 4.79 Å². The summed E-state index contributed by atoms with van der Waals surface area (Å²) in [5, 5.41) is 5.23. The van der Waals surface area contributed by atoms with Gasteiger partial charge in [-0.25, -0.2) is 4.98 Å². The van der Waals surface area contributed by atoms with E-state index in [2.05, 4.69) is 42.3 Å². The molecule has 0 saturated heterocycles. The quantitative estimate of drug-likeness (QED) is 0.905. The van der Waals surface area contributed by atoms with Gasteiger partial charge in [-0.15, -0.1) is 11.3 Å². The second kappa shape index (κ2) is 5.50. The molecule has 1 aromatic carbocycles. The standard InChI is InChI=1S/C14H17N3OS/c1-8-4-5-11(9(2)6-8)12-7-19-14(16-12)17-13(18)10(3)15/h4-7,10H,15H2,1-3H3,(H,16,17,18)/t10-/m0/s1. The normalized spacial score (nSPS) is 12.2. The van der Waals surface area contributed by atoms with Gasteiger partial charge in [-0.1, -0.05) is 23.8 Å². The lowest BCUT2D eigenvalue weighted by Gasteiger charge is -2.05. The van der Waals surface area contributed by atoms with Crippen molar-refractivity contribution in [1.82, 2.24) is 4.98 Å². The number of amides is 1. The second-order valence-corrected chi connectivity index (χ2v) is 5.49. The highest BCUT2D eigenvalue weighted by Crippen LogP contribution is 2.27. The summed E-state index contributed by atoms with van der Waals surface area (Å²) in [7, 11) is 0. The number of nitrogens with one attached hydrogen (secondary N) is 1. The molecule has 1 aromatic heterocycles. The molecular formula is C14H17N3OS. The zero-order valence-corrected chi connectivity index (χ0v) is 12.0. The van der Waals surface area contributed by atoms with E-state index in [-0.39, 0.29) is 5.91 Å². The van der Waals surface area contributed by atoms with Gasteiger partial charge in [0.05, 0.1) is 11.7 Å². The molecular weight excluding hydrogens is 258 g/mol. The molecule has 0 bridgehead atoms. The number of hydrogen-bond acceptors (Lipinski definition) is 4. The van der Waals surface area contributed by atoms with E-state index in [0.717, 1.165) is 11.3 Å². The number of hydrogen-bond donors (Lipinski definition) is 2. The number of carbonyl (C=O) groups is 1. The van der Waals surface area contributed by atoms with Gasteiger partial charge < -0.3 is 11.1 Å². The summed E-state index contributed by atoms with van der Waals surface area (Å²) < 4.78 is 0. The minimum atomic E-state index is -0.534. The molecule has 2 aromatic rings. The summed E-state index contributed by atoms with van der Waals surface area (Å²) in [5.41, 5.74) is 9.87. The Morgan fingerprint density at radius 2 is 2.16 bits per heavy atom. The topological polar surface area (TPSA) is 68.0 Å². The Morgan fingerprint density at radius 3 is 2.79 bits per heavy atom. The number of carbonyl (C=O) groups excluding carboxylic acids is 1. The summed E-state index contributed by atoms with van der Waals surface area (Å²) in [4.78, 5) is 15.9. The van der Waals surface area contributed by atoms with Crippen molar-refractivity contribution in [1.29, 1.82) is 0 Å². The lowest BCUT2D eigenvalue weighted by atomic mass is 10.0. The minimum Gasteiger partial charge on any atom is -0.320 e. The monoisotopic (exact) mass is 275 g/mol. The maximum absolute atomic E-state index is 11.5. The van der Waals surface area contributed by atoms with Crippen molar-refractivity contribution in [2.24, 2.45) is 5.73 Å². The molecule has 2 rings (SSSR count). The number of rotatable bonds is 3. The fourth-order valence-electron chi connectivity index (χ4n) is 1.78. The van der Waals surface area contributed by atoms with Gasteiger partial charge in [0, 0.05) is 10.9 Å².